The zero-order chi connectivity index (χ0) is 17.6. The van der Waals surface area contributed by atoms with Crippen molar-refractivity contribution in [1.82, 2.24) is 0 Å². The maximum atomic E-state index is 11.2. The van der Waals surface area contributed by atoms with E-state index < -0.39 is 19.8 Å². The van der Waals surface area contributed by atoms with E-state index in [0.29, 0.717) is 5.56 Å². The molecule has 0 atom stereocenters. The molecule has 3 rings (SSSR count). The van der Waals surface area contributed by atoms with Gasteiger partial charge in [0.15, 0.2) is 0 Å². The lowest BCUT2D eigenvalue weighted by Crippen LogP contribution is -2.14. The molecule has 1 aliphatic heterocycles. The molecule has 0 bridgehead atoms. The van der Waals surface area contributed by atoms with Gasteiger partial charge in [0.1, 0.15) is 0 Å². The number of phosphoric acid groups is 1. The SMILES string of the molecule is Cc1ccc(C(=O)O)cc1.O=C(OP1(=O)OOO1)c1ccccc1. The number of carboxylic acids is 1. The van der Waals surface area contributed by atoms with Crippen LogP contribution in [0.4, 0.5) is 0 Å². The Hall–Kier alpha value is -2.51. The summed E-state index contributed by atoms with van der Waals surface area (Å²) in [6, 6.07) is 14.8. The second-order valence-electron chi connectivity index (χ2n) is 4.58. The molecule has 24 heavy (non-hydrogen) atoms. The number of carbonyl (C=O) groups is 2. The van der Waals surface area contributed by atoms with Gasteiger partial charge in [-0.15, -0.1) is 0 Å². The van der Waals surface area contributed by atoms with Gasteiger partial charge in [-0.05, 0) is 36.2 Å². The van der Waals surface area contributed by atoms with Crippen LogP contribution in [-0.4, -0.2) is 17.0 Å². The first-order valence-electron chi connectivity index (χ1n) is 6.63. The van der Waals surface area contributed by atoms with Crippen LogP contribution in [0.2, 0.25) is 0 Å². The van der Waals surface area contributed by atoms with Crippen LogP contribution in [0.15, 0.2) is 54.6 Å². The van der Waals surface area contributed by atoms with Gasteiger partial charge in [0.2, 0.25) is 0 Å². The van der Waals surface area contributed by atoms with Gasteiger partial charge < -0.3 is 9.63 Å². The molecule has 1 fully saturated rings. The summed E-state index contributed by atoms with van der Waals surface area (Å²) in [4.78, 5) is 21.6. The Bertz CT molecular complexity index is 749. The van der Waals surface area contributed by atoms with Gasteiger partial charge in [-0.25, -0.2) is 14.2 Å². The maximum absolute atomic E-state index is 11.2. The van der Waals surface area contributed by atoms with Crippen molar-refractivity contribution < 1.29 is 38.2 Å². The molecule has 0 aliphatic carbocycles. The molecule has 0 saturated carbocycles. The number of aryl methyl sites for hydroxylation is 1. The molecule has 0 spiro atoms. The smallest absolute Gasteiger partial charge is 0.478 e. The zero-order valence-electron chi connectivity index (χ0n) is 12.4. The third kappa shape index (κ3) is 5.00. The van der Waals surface area contributed by atoms with Crippen molar-refractivity contribution in [2.45, 2.75) is 6.92 Å². The second-order valence-corrected chi connectivity index (χ2v) is 5.96. The molecular formula is C15H13O8P. The molecule has 2 aromatic rings. The molecule has 126 valence electrons. The van der Waals surface area contributed by atoms with Crippen LogP contribution in [-0.2, 0) is 23.5 Å². The number of carboxylic acid groups (broad SMARTS) is 1. The van der Waals surface area contributed by atoms with Crippen molar-refractivity contribution in [2.24, 2.45) is 0 Å². The predicted molar refractivity (Wildman–Crippen MR) is 80.9 cm³/mol. The highest BCUT2D eigenvalue weighted by Gasteiger charge is 2.44. The Morgan fingerprint density at radius 1 is 0.958 bits per heavy atom. The van der Waals surface area contributed by atoms with E-state index in [-0.39, 0.29) is 5.56 Å². The highest BCUT2D eigenvalue weighted by Crippen LogP contribution is 2.58. The quantitative estimate of drug-likeness (QED) is 0.660. The number of benzene rings is 2. The minimum atomic E-state index is -3.79. The van der Waals surface area contributed by atoms with Crippen LogP contribution in [0.1, 0.15) is 26.3 Å². The van der Waals surface area contributed by atoms with Crippen molar-refractivity contribution >= 4 is 19.8 Å². The fourth-order valence-electron chi connectivity index (χ4n) is 1.54. The summed E-state index contributed by atoms with van der Waals surface area (Å²) in [6.07, 6.45) is 0. The van der Waals surface area contributed by atoms with Crippen LogP contribution in [0.25, 0.3) is 0 Å². The summed E-state index contributed by atoms with van der Waals surface area (Å²) < 4.78 is 23.4. The third-order valence-electron chi connectivity index (χ3n) is 2.75. The van der Waals surface area contributed by atoms with Gasteiger partial charge in [0.25, 0.3) is 0 Å². The summed E-state index contributed by atoms with van der Waals surface area (Å²) in [5.74, 6) is -1.67. The Kier molecular flexibility index (Phi) is 5.83. The summed E-state index contributed by atoms with van der Waals surface area (Å²) >= 11 is 0. The van der Waals surface area contributed by atoms with Gasteiger partial charge in [-0.1, -0.05) is 45.2 Å². The molecule has 0 aromatic heterocycles. The normalized spacial score (nSPS) is 14.5. The first-order chi connectivity index (χ1) is 11.4. The molecular weight excluding hydrogens is 339 g/mol. The van der Waals surface area contributed by atoms with Crippen LogP contribution in [0.3, 0.4) is 0 Å². The van der Waals surface area contributed by atoms with Crippen LogP contribution in [0.5, 0.6) is 0 Å². The van der Waals surface area contributed by atoms with E-state index in [2.05, 4.69) is 18.9 Å². The average molecular weight is 352 g/mol. The van der Waals surface area contributed by atoms with E-state index in [1.165, 1.54) is 12.1 Å². The summed E-state index contributed by atoms with van der Waals surface area (Å²) in [5, 5.41) is 12.2. The molecule has 2 aromatic carbocycles. The van der Waals surface area contributed by atoms with Crippen molar-refractivity contribution in [3.63, 3.8) is 0 Å². The van der Waals surface area contributed by atoms with Gasteiger partial charge in [0.05, 0.1) is 11.1 Å². The predicted octanol–water partition coefficient (Wildman–Crippen LogP) is 3.54. The van der Waals surface area contributed by atoms with E-state index in [4.69, 9.17) is 5.11 Å². The lowest BCUT2D eigenvalue weighted by atomic mass is 10.2. The van der Waals surface area contributed by atoms with E-state index in [1.807, 2.05) is 6.92 Å². The molecule has 1 aliphatic rings. The molecule has 9 heteroatoms. The lowest BCUT2D eigenvalue weighted by Gasteiger charge is -2.19. The molecule has 0 radical (unpaired) electrons. The van der Waals surface area contributed by atoms with E-state index in [0.717, 1.165) is 5.56 Å². The van der Waals surface area contributed by atoms with Crippen LogP contribution < -0.4 is 0 Å². The average Bonchev–Trinajstić information content (AvgIpc) is 2.55. The van der Waals surface area contributed by atoms with Gasteiger partial charge in [-0.2, -0.15) is 0 Å². The lowest BCUT2D eigenvalue weighted by molar-refractivity contribution is -0.497. The molecule has 1 saturated heterocycles. The third-order valence-corrected chi connectivity index (χ3v) is 3.62. The highest BCUT2D eigenvalue weighted by atomic mass is 31.2. The first-order valence-corrected chi connectivity index (χ1v) is 8.09. The summed E-state index contributed by atoms with van der Waals surface area (Å²) in [6.45, 7) is 1.92. The first kappa shape index (κ1) is 17.8. The second kappa shape index (κ2) is 7.85. The topological polar surface area (TPSA) is 108 Å². The number of rotatable bonds is 3. The molecule has 1 N–H and O–H groups in total. The highest BCUT2D eigenvalue weighted by molar-refractivity contribution is 7.49. The Labute approximate surface area is 137 Å². The maximum Gasteiger partial charge on any atom is 0.592 e. The van der Waals surface area contributed by atoms with Crippen molar-refractivity contribution in [1.29, 1.82) is 0 Å². The van der Waals surface area contributed by atoms with E-state index in [1.54, 1.807) is 42.5 Å². The monoisotopic (exact) mass is 352 g/mol. The fraction of sp³-hybridized carbons (Fsp3) is 0.0667. The number of hydrogen-bond donors (Lipinski definition) is 1. The Morgan fingerprint density at radius 3 is 2.00 bits per heavy atom. The summed E-state index contributed by atoms with van der Waals surface area (Å²) in [7, 11) is -3.79. The van der Waals surface area contributed by atoms with Gasteiger partial charge >= 0.3 is 19.8 Å². The number of carbonyl (C=O) groups excluding carboxylic acids is 1. The molecule has 8 nitrogen and oxygen atoms in total. The largest absolute Gasteiger partial charge is 0.592 e. The van der Waals surface area contributed by atoms with Crippen LogP contribution in [0, 0.1) is 6.92 Å². The minimum absolute atomic E-state index is 0.252. The number of hydrogen-bond acceptors (Lipinski definition) is 7. The van der Waals surface area contributed by atoms with Crippen molar-refractivity contribution in [2.75, 3.05) is 0 Å². The van der Waals surface area contributed by atoms with Crippen LogP contribution >= 0.6 is 7.82 Å². The van der Waals surface area contributed by atoms with E-state index >= 15 is 0 Å². The van der Waals surface area contributed by atoms with Crippen molar-refractivity contribution in [3.05, 3.63) is 71.3 Å². The van der Waals surface area contributed by atoms with Gasteiger partial charge in [-0.3, -0.25) is 0 Å². The zero-order valence-corrected chi connectivity index (χ0v) is 13.3. The Balaban J connectivity index is 0.000000185. The van der Waals surface area contributed by atoms with Gasteiger partial charge in [0, 0.05) is 0 Å². The molecule has 1 heterocycles. The van der Waals surface area contributed by atoms with E-state index in [9.17, 15) is 14.2 Å². The fourth-order valence-corrected chi connectivity index (χ4v) is 2.06. The molecule has 0 amide bonds. The molecule has 0 unspecified atom stereocenters. The van der Waals surface area contributed by atoms with Crippen molar-refractivity contribution in [3.8, 4) is 0 Å². The Morgan fingerprint density at radius 2 is 1.54 bits per heavy atom. The number of aromatic carboxylic acids is 1. The minimum Gasteiger partial charge on any atom is -0.478 e. The standard InChI is InChI=1S/C8H8O2.C7H5O6P/c1-6-2-4-7(5-3-6)8(9)10;8-7(6-4-2-1-3-5-6)10-14(9)12-11-13-14/h2-5H,1H3,(H,9,10);1-5H. The summed E-state index contributed by atoms with van der Waals surface area (Å²) in [5.41, 5.74) is 1.66.